The van der Waals surface area contributed by atoms with Crippen LogP contribution in [0.4, 0.5) is 28.4 Å². The number of aryl methyl sites for hydroxylation is 1. The highest BCUT2D eigenvalue weighted by molar-refractivity contribution is 6.91. The number of hydrogen-bond acceptors (Lipinski definition) is 8. The Labute approximate surface area is 392 Å². The first-order valence-corrected chi connectivity index (χ1v) is 25.7. The third-order valence-electron chi connectivity index (χ3n) is 13.8. The Balaban J connectivity index is 1.13. The summed E-state index contributed by atoms with van der Waals surface area (Å²) in [5.41, 5.74) is 5.02. The molecule has 67 heavy (non-hydrogen) atoms. The number of hydrogen-bond donors (Lipinski definition) is 1. The average molecular weight is 911 g/mol. The summed E-state index contributed by atoms with van der Waals surface area (Å²) >= 11 is 0. The zero-order chi connectivity index (χ0) is 46.7. The fourth-order valence-electron chi connectivity index (χ4n) is 10.5. The average Bonchev–Trinajstić information content (AvgIpc) is 4.02. The molecule has 0 aliphatic carbocycles. The molecule has 1 spiro atoms. The maximum absolute atomic E-state index is 15.9. The predicted molar refractivity (Wildman–Crippen MR) is 263 cm³/mol. The van der Waals surface area contributed by atoms with Crippen LogP contribution >= 0.6 is 0 Å². The van der Waals surface area contributed by atoms with Crippen molar-refractivity contribution in [1.29, 1.82) is 0 Å². The number of anilines is 5. The van der Waals surface area contributed by atoms with Crippen molar-refractivity contribution in [2.24, 2.45) is 5.92 Å². The van der Waals surface area contributed by atoms with Crippen molar-refractivity contribution in [3.05, 3.63) is 186 Å². The molecular formula is C54H54N6O6Si. The lowest BCUT2D eigenvalue weighted by atomic mass is 9.82. The number of para-hydroxylation sites is 2. The Kier molecular flexibility index (Phi) is 12.7. The van der Waals surface area contributed by atoms with Crippen LogP contribution in [0.15, 0.2) is 164 Å². The molecule has 1 aromatic heterocycles. The number of nitrogens with zero attached hydrogens (tertiary/aromatic N) is 6. The molecule has 340 valence electrons. The van der Waals surface area contributed by atoms with E-state index in [1.807, 2.05) is 152 Å². The molecule has 9 rings (SSSR count). The second-order valence-electron chi connectivity index (χ2n) is 17.9. The van der Waals surface area contributed by atoms with Crippen LogP contribution in [0.3, 0.4) is 0 Å². The summed E-state index contributed by atoms with van der Waals surface area (Å²) in [6.07, 6.45) is 3.61. The van der Waals surface area contributed by atoms with Crippen molar-refractivity contribution in [2.75, 3.05) is 28.4 Å². The van der Waals surface area contributed by atoms with Gasteiger partial charge in [0.05, 0.1) is 51.7 Å². The minimum Gasteiger partial charge on any atom is -0.497 e. The monoisotopic (exact) mass is 910 g/mol. The highest BCUT2D eigenvalue weighted by Gasteiger charge is 2.66. The van der Waals surface area contributed by atoms with Crippen LogP contribution in [0, 0.1) is 5.92 Å². The van der Waals surface area contributed by atoms with Gasteiger partial charge in [0, 0.05) is 47.0 Å². The molecule has 2 aliphatic heterocycles. The predicted octanol–water partition coefficient (Wildman–Crippen LogP) is 8.85. The Morgan fingerprint density at radius 2 is 1.40 bits per heavy atom. The first-order chi connectivity index (χ1) is 32.6. The van der Waals surface area contributed by atoms with E-state index in [0.717, 1.165) is 35.4 Å². The van der Waals surface area contributed by atoms with E-state index in [1.165, 1.54) is 5.19 Å². The van der Waals surface area contributed by atoms with Crippen molar-refractivity contribution < 1.29 is 29.0 Å². The van der Waals surface area contributed by atoms with E-state index in [1.54, 1.807) is 26.5 Å². The van der Waals surface area contributed by atoms with E-state index in [0.29, 0.717) is 47.0 Å². The highest BCUT2D eigenvalue weighted by Crippen LogP contribution is 2.60. The molecule has 7 aromatic rings. The SMILES string of the molecule is COc1ccc([Si](C)(C)[C@H]2[C@H](CCn3cc(C(CO)c4ccccc4)nn3)O[C@@]3(C(=O)N(Cc4cccc(N(C=O)c5ccccc5)c4)c4ccc(N(C=O)c5ccccc5)cc43)[C@@H]2C)cc1. The van der Waals surface area contributed by atoms with Gasteiger partial charge >= 0.3 is 0 Å². The third-order valence-corrected chi connectivity index (χ3v) is 18.2. The maximum atomic E-state index is 15.9. The van der Waals surface area contributed by atoms with Crippen LogP contribution in [0.1, 0.15) is 41.6 Å². The number of methoxy groups -OCH3 is 1. The molecule has 0 bridgehead atoms. The van der Waals surface area contributed by atoms with Crippen molar-refractivity contribution in [1.82, 2.24) is 15.0 Å². The van der Waals surface area contributed by atoms with E-state index in [-0.39, 0.29) is 36.4 Å². The lowest BCUT2D eigenvalue weighted by Gasteiger charge is -2.37. The first kappa shape index (κ1) is 45.0. The minimum atomic E-state index is -2.54. The van der Waals surface area contributed by atoms with E-state index >= 15 is 4.79 Å². The molecule has 5 atom stereocenters. The van der Waals surface area contributed by atoms with Gasteiger partial charge in [-0.1, -0.05) is 121 Å². The van der Waals surface area contributed by atoms with Crippen LogP contribution in [0.25, 0.3) is 0 Å². The fourth-order valence-corrected chi connectivity index (χ4v) is 14.5. The van der Waals surface area contributed by atoms with Gasteiger partial charge in [0.25, 0.3) is 5.91 Å². The number of amides is 3. The highest BCUT2D eigenvalue weighted by atomic mass is 28.3. The molecule has 3 heterocycles. The minimum absolute atomic E-state index is 0.0783. The second kappa shape index (κ2) is 19.0. The quantitative estimate of drug-likeness (QED) is 0.0709. The Morgan fingerprint density at radius 1 is 0.791 bits per heavy atom. The van der Waals surface area contributed by atoms with Crippen LogP contribution in [-0.2, 0) is 37.8 Å². The van der Waals surface area contributed by atoms with Crippen LogP contribution in [0.5, 0.6) is 5.75 Å². The van der Waals surface area contributed by atoms with Crippen molar-refractivity contribution in [2.45, 2.75) is 62.7 Å². The van der Waals surface area contributed by atoms with Crippen molar-refractivity contribution in [3.8, 4) is 5.75 Å². The standard InChI is InChI=1S/C54H54N6O6Si/c1-38-52(67(3,4)46-26-24-45(65-2)25-27-46)51(29-30-57-34-49(55-56-57)47(35-61)40-16-8-5-9-17-40)66-54(38)48-32-44(60(37-63)42-20-12-7-13-21-42)23-28-50(48)58(53(54)64)33-39-15-14-22-43(31-39)59(36-62)41-18-10-6-11-19-41/h5-28,31-32,34,36-38,47,51-52,61H,29-30,33,35H2,1-4H3/t38-,47?,51+,52-,54+/m1/s1. The number of fused-ring (bicyclic) bond motifs is 2. The first-order valence-electron chi connectivity index (χ1n) is 22.6. The summed E-state index contributed by atoms with van der Waals surface area (Å²) in [5, 5.41) is 20.7. The number of ether oxygens (including phenoxy) is 2. The molecule has 1 N–H and O–H groups in total. The number of aromatic nitrogens is 3. The largest absolute Gasteiger partial charge is 0.497 e. The summed E-state index contributed by atoms with van der Waals surface area (Å²) in [5.74, 6) is -0.0761. The Morgan fingerprint density at radius 3 is 2.01 bits per heavy atom. The van der Waals surface area contributed by atoms with E-state index in [9.17, 15) is 14.7 Å². The molecule has 3 amide bonds. The lowest BCUT2D eigenvalue weighted by Crippen LogP contribution is -2.51. The molecule has 1 fully saturated rings. The smallest absolute Gasteiger partial charge is 0.264 e. The van der Waals surface area contributed by atoms with Gasteiger partial charge in [0.2, 0.25) is 12.8 Å². The third kappa shape index (κ3) is 8.34. The summed E-state index contributed by atoms with van der Waals surface area (Å²) in [6, 6.07) is 50.3. The van der Waals surface area contributed by atoms with Gasteiger partial charge in [-0.15, -0.1) is 5.10 Å². The second-order valence-corrected chi connectivity index (χ2v) is 22.6. The molecule has 0 saturated carbocycles. The molecule has 2 aliphatic rings. The van der Waals surface area contributed by atoms with Crippen molar-refractivity contribution in [3.63, 3.8) is 0 Å². The number of aliphatic hydroxyl groups is 1. The zero-order valence-corrected chi connectivity index (χ0v) is 39.1. The molecule has 13 heteroatoms. The topological polar surface area (TPSA) is 130 Å². The number of benzene rings is 6. The summed E-state index contributed by atoms with van der Waals surface area (Å²) < 4.78 is 14.9. The van der Waals surface area contributed by atoms with Crippen LogP contribution in [-0.4, -0.2) is 66.7 Å². The lowest BCUT2D eigenvalue weighted by molar-refractivity contribution is -0.146. The number of aliphatic hydroxyl groups excluding tert-OH is 1. The number of carbonyl (C=O) groups is 3. The Bertz CT molecular complexity index is 2850. The van der Waals surface area contributed by atoms with Gasteiger partial charge in [-0.2, -0.15) is 0 Å². The summed E-state index contributed by atoms with van der Waals surface area (Å²) in [6.45, 7) is 7.39. The van der Waals surface area contributed by atoms with Crippen LogP contribution in [0.2, 0.25) is 18.6 Å². The van der Waals surface area contributed by atoms with E-state index in [4.69, 9.17) is 9.47 Å². The van der Waals surface area contributed by atoms with Gasteiger partial charge in [-0.25, -0.2) is 0 Å². The summed E-state index contributed by atoms with van der Waals surface area (Å²) in [7, 11) is -0.876. The normalized spacial score (nSPS) is 19.3. The molecular weight excluding hydrogens is 857 g/mol. The van der Waals surface area contributed by atoms with Gasteiger partial charge in [-0.3, -0.25) is 28.9 Å². The molecule has 12 nitrogen and oxygen atoms in total. The molecule has 1 saturated heterocycles. The van der Waals surface area contributed by atoms with Gasteiger partial charge in [0.15, 0.2) is 5.60 Å². The molecule has 1 unspecified atom stereocenters. The van der Waals surface area contributed by atoms with E-state index in [2.05, 4.69) is 42.5 Å². The van der Waals surface area contributed by atoms with Gasteiger partial charge in [-0.05, 0) is 89.8 Å². The maximum Gasteiger partial charge on any atom is 0.264 e. The molecule has 6 aromatic carbocycles. The zero-order valence-electron chi connectivity index (χ0n) is 38.1. The summed E-state index contributed by atoms with van der Waals surface area (Å²) in [4.78, 5) is 46.3. The van der Waals surface area contributed by atoms with Gasteiger partial charge in [0.1, 0.15) is 5.75 Å². The van der Waals surface area contributed by atoms with Gasteiger partial charge < -0.3 is 19.5 Å². The van der Waals surface area contributed by atoms with Crippen molar-refractivity contribution >= 4 is 60.4 Å². The molecule has 0 radical (unpaired) electrons. The fraction of sp³-hybridized carbons (Fsp3) is 0.241. The van der Waals surface area contributed by atoms with Crippen LogP contribution < -0.4 is 24.6 Å². The Hall–Kier alpha value is -7.19. The number of rotatable bonds is 17. The number of carbonyl (C=O) groups excluding carboxylic acids is 3. The van der Waals surface area contributed by atoms with E-state index < -0.39 is 19.8 Å².